The number of anilines is 1. The number of hydrogen-bond donors (Lipinski definition) is 1. The van der Waals surface area contributed by atoms with E-state index in [0.717, 1.165) is 18.2 Å². The number of alkyl halides is 3. The van der Waals surface area contributed by atoms with Gasteiger partial charge in [0.15, 0.2) is 0 Å². The number of benzene rings is 2. The maximum absolute atomic E-state index is 12.5. The number of aromatic carboxylic acids is 1. The van der Waals surface area contributed by atoms with Crippen LogP contribution in [-0.4, -0.2) is 14.4 Å². The second-order valence-corrected chi connectivity index (χ2v) is 6.14. The second-order valence-electron chi connectivity index (χ2n) is 4.46. The molecule has 0 saturated heterocycles. The van der Waals surface area contributed by atoms with Gasteiger partial charge in [0.1, 0.15) is 0 Å². The smallest absolute Gasteiger partial charge is 0.416 e. The average Bonchev–Trinajstić information content (AvgIpc) is 2.46. The normalized spacial score (nSPS) is 12.0. The minimum atomic E-state index is -4.59. The fourth-order valence-corrected chi connectivity index (χ4v) is 2.86. The molecule has 2 aromatic carbocycles. The summed E-state index contributed by atoms with van der Waals surface area (Å²) in [6.45, 7) is 0. The van der Waals surface area contributed by atoms with E-state index >= 15 is 0 Å². The lowest BCUT2D eigenvalue weighted by Gasteiger charge is -2.13. The molecule has 0 spiro atoms. The van der Waals surface area contributed by atoms with Crippen LogP contribution in [0.15, 0.2) is 53.4 Å². The van der Waals surface area contributed by atoms with Crippen LogP contribution >= 0.6 is 0 Å². The molecular weight excluding hydrogens is 335 g/mol. The zero-order valence-corrected chi connectivity index (χ0v) is 12.1. The van der Waals surface area contributed by atoms with Gasteiger partial charge >= 0.3 is 6.18 Å². The molecule has 1 N–H and O–H groups in total. The summed E-state index contributed by atoms with van der Waals surface area (Å²) in [4.78, 5) is 10.5. The molecule has 0 radical (unpaired) electrons. The van der Waals surface area contributed by atoms with Gasteiger partial charge in [0.25, 0.3) is 10.0 Å². The Hall–Kier alpha value is -2.55. The topological polar surface area (TPSA) is 86.3 Å². The van der Waals surface area contributed by atoms with Crippen LogP contribution in [0, 0.1) is 0 Å². The summed E-state index contributed by atoms with van der Waals surface area (Å²) in [5.41, 5.74) is -1.62. The van der Waals surface area contributed by atoms with Crippen molar-refractivity contribution in [3.05, 3.63) is 59.7 Å². The second kappa shape index (κ2) is 5.92. The molecule has 0 aromatic heterocycles. The summed E-state index contributed by atoms with van der Waals surface area (Å²) in [6.07, 6.45) is -4.59. The highest BCUT2D eigenvalue weighted by Crippen LogP contribution is 2.30. The first-order chi connectivity index (χ1) is 10.6. The third-order valence-corrected chi connectivity index (χ3v) is 4.26. The molecule has 0 atom stereocenters. The molecule has 122 valence electrons. The number of sulfonamides is 1. The molecule has 9 heteroatoms. The van der Waals surface area contributed by atoms with Crippen molar-refractivity contribution in [1.82, 2.24) is 0 Å². The highest BCUT2D eigenvalue weighted by molar-refractivity contribution is 7.92. The number of carboxylic acids is 1. The van der Waals surface area contributed by atoms with Crippen LogP contribution in [0.2, 0.25) is 0 Å². The van der Waals surface area contributed by atoms with Crippen LogP contribution in [0.4, 0.5) is 18.9 Å². The largest absolute Gasteiger partial charge is 0.545 e. The Balaban J connectivity index is 2.35. The lowest BCUT2D eigenvalue weighted by molar-refractivity contribution is -0.254. The van der Waals surface area contributed by atoms with E-state index in [4.69, 9.17) is 0 Å². The molecule has 0 amide bonds. The molecule has 2 rings (SSSR count). The van der Waals surface area contributed by atoms with Gasteiger partial charge in [-0.2, -0.15) is 13.2 Å². The monoisotopic (exact) mass is 344 g/mol. The van der Waals surface area contributed by atoms with Crippen LogP contribution in [-0.2, 0) is 16.2 Å². The first kappa shape index (κ1) is 16.8. The van der Waals surface area contributed by atoms with E-state index in [1.54, 1.807) is 0 Å². The molecule has 0 bridgehead atoms. The van der Waals surface area contributed by atoms with E-state index in [-0.39, 0.29) is 11.3 Å². The van der Waals surface area contributed by atoms with Gasteiger partial charge in [-0.25, -0.2) is 8.42 Å². The van der Waals surface area contributed by atoms with Gasteiger partial charge in [-0.3, -0.25) is 4.72 Å². The lowest BCUT2D eigenvalue weighted by atomic mass is 10.2. The maximum atomic E-state index is 12.5. The predicted octanol–water partition coefficient (Wildman–Crippen LogP) is 1.87. The molecule has 2 aromatic rings. The van der Waals surface area contributed by atoms with Crippen molar-refractivity contribution < 1.29 is 31.5 Å². The summed E-state index contributed by atoms with van der Waals surface area (Å²) < 4.78 is 63.7. The van der Waals surface area contributed by atoms with Gasteiger partial charge in [-0.15, -0.1) is 0 Å². The summed E-state index contributed by atoms with van der Waals surface area (Å²) in [7, 11) is -4.24. The Morgan fingerprint density at radius 1 is 1.00 bits per heavy atom. The van der Waals surface area contributed by atoms with Crippen molar-refractivity contribution in [2.45, 2.75) is 11.1 Å². The first-order valence-corrected chi connectivity index (χ1v) is 7.60. The van der Waals surface area contributed by atoms with E-state index in [1.165, 1.54) is 18.2 Å². The Kier molecular flexibility index (Phi) is 4.33. The molecule has 0 saturated carbocycles. The van der Waals surface area contributed by atoms with Gasteiger partial charge in [0.05, 0.1) is 22.1 Å². The van der Waals surface area contributed by atoms with Crippen molar-refractivity contribution in [3.8, 4) is 0 Å². The van der Waals surface area contributed by atoms with Crippen LogP contribution < -0.4 is 9.83 Å². The third kappa shape index (κ3) is 3.81. The van der Waals surface area contributed by atoms with Crippen LogP contribution in [0.25, 0.3) is 0 Å². The Morgan fingerprint density at radius 3 is 2.09 bits per heavy atom. The maximum Gasteiger partial charge on any atom is 0.416 e. The number of para-hydroxylation sites is 1. The Morgan fingerprint density at radius 2 is 1.57 bits per heavy atom. The molecule has 0 heterocycles. The number of rotatable bonds is 4. The standard InChI is InChI=1S/C14H10F3NO4S/c15-14(16,17)9-5-7-10(8-6-9)23(21,22)18-12-4-2-1-3-11(12)13(19)20/h1-8,18H,(H,19,20)/p-1. The van der Waals surface area contributed by atoms with E-state index in [0.29, 0.717) is 12.1 Å². The summed E-state index contributed by atoms with van der Waals surface area (Å²) in [5, 5.41) is 10.9. The number of carboxylic acid groups (broad SMARTS) is 1. The number of carbonyl (C=O) groups is 1. The molecule has 5 nitrogen and oxygen atoms in total. The molecule has 0 aliphatic heterocycles. The van der Waals surface area contributed by atoms with Gasteiger partial charge < -0.3 is 9.90 Å². The summed E-state index contributed by atoms with van der Waals surface area (Å²) in [6, 6.07) is 7.93. The molecular formula is C14H9F3NO4S-. The highest BCUT2D eigenvalue weighted by atomic mass is 32.2. The molecule has 0 unspecified atom stereocenters. The van der Waals surface area contributed by atoms with Crippen LogP contribution in [0.5, 0.6) is 0 Å². The third-order valence-electron chi connectivity index (χ3n) is 2.88. The molecule has 0 fully saturated rings. The molecule has 0 aliphatic carbocycles. The van der Waals surface area contributed by atoms with Crippen LogP contribution in [0.3, 0.4) is 0 Å². The number of halogens is 3. The fourth-order valence-electron chi connectivity index (χ4n) is 1.78. The minimum absolute atomic E-state index is 0.243. The first-order valence-electron chi connectivity index (χ1n) is 6.12. The zero-order valence-electron chi connectivity index (χ0n) is 11.3. The van der Waals surface area contributed by atoms with Crippen molar-refractivity contribution >= 4 is 21.7 Å². The van der Waals surface area contributed by atoms with Crippen molar-refractivity contribution in [2.24, 2.45) is 0 Å². The van der Waals surface area contributed by atoms with Crippen molar-refractivity contribution in [3.63, 3.8) is 0 Å². The summed E-state index contributed by atoms with van der Waals surface area (Å²) >= 11 is 0. The SMILES string of the molecule is O=C([O-])c1ccccc1NS(=O)(=O)c1ccc(C(F)(F)F)cc1. The quantitative estimate of drug-likeness (QED) is 0.917. The van der Waals surface area contributed by atoms with Gasteiger partial charge in [0.2, 0.25) is 0 Å². The fraction of sp³-hybridized carbons (Fsp3) is 0.0714. The zero-order chi connectivity index (χ0) is 17.3. The Labute approximate surface area is 129 Å². The van der Waals surface area contributed by atoms with E-state index in [9.17, 15) is 31.5 Å². The number of hydrogen-bond acceptors (Lipinski definition) is 4. The number of carbonyl (C=O) groups excluding carboxylic acids is 1. The van der Waals surface area contributed by atoms with Gasteiger partial charge in [-0.05, 0) is 30.3 Å². The van der Waals surface area contributed by atoms with E-state index in [2.05, 4.69) is 0 Å². The van der Waals surface area contributed by atoms with Crippen molar-refractivity contribution in [1.29, 1.82) is 0 Å². The average molecular weight is 344 g/mol. The lowest BCUT2D eigenvalue weighted by Crippen LogP contribution is -2.24. The summed E-state index contributed by atoms with van der Waals surface area (Å²) in [5.74, 6) is -1.59. The predicted molar refractivity (Wildman–Crippen MR) is 73.0 cm³/mol. The molecule has 0 aliphatic rings. The van der Waals surface area contributed by atoms with E-state index in [1.807, 2.05) is 4.72 Å². The molecule has 23 heavy (non-hydrogen) atoms. The van der Waals surface area contributed by atoms with Gasteiger partial charge in [0, 0.05) is 5.56 Å². The van der Waals surface area contributed by atoms with Crippen molar-refractivity contribution in [2.75, 3.05) is 4.72 Å². The van der Waals surface area contributed by atoms with E-state index < -0.39 is 32.6 Å². The Bertz CT molecular complexity index is 830. The van der Waals surface area contributed by atoms with Crippen LogP contribution in [0.1, 0.15) is 15.9 Å². The van der Waals surface area contributed by atoms with Gasteiger partial charge in [-0.1, -0.05) is 18.2 Å². The number of nitrogens with one attached hydrogen (secondary N) is 1. The highest BCUT2D eigenvalue weighted by Gasteiger charge is 2.30. The minimum Gasteiger partial charge on any atom is -0.545 e.